The fourth-order valence-electron chi connectivity index (χ4n) is 3.10. The van der Waals surface area contributed by atoms with Crippen LogP contribution in [0.15, 0.2) is 12.1 Å². The van der Waals surface area contributed by atoms with Crippen molar-refractivity contribution >= 4 is 0 Å². The van der Waals surface area contributed by atoms with Gasteiger partial charge < -0.3 is 19.5 Å². The molecule has 1 aliphatic heterocycles. The Bertz CT molecular complexity index is 515. The fraction of sp³-hybridized carbons (Fsp3) is 0.667. The molecule has 1 aliphatic rings. The third-order valence-electron chi connectivity index (χ3n) is 4.22. The lowest BCUT2D eigenvalue weighted by Crippen LogP contribution is -2.28. The minimum absolute atomic E-state index is 0.0211. The first-order valence-electron chi connectivity index (χ1n) is 8.37. The first kappa shape index (κ1) is 18.0. The molecule has 0 unspecified atom stereocenters. The Morgan fingerprint density at radius 1 is 1.22 bits per heavy atom. The largest absolute Gasteiger partial charge is 0.490 e. The summed E-state index contributed by atoms with van der Waals surface area (Å²) in [6, 6.07) is 3.03. The maximum atomic E-state index is 14.3. The van der Waals surface area contributed by atoms with Gasteiger partial charge in [0.25, 0.3) is 0 Å². The molecule has 0 radical (unpaired) electrons. The van der Waals surface area contributed by atoms with Gasteiger partial charge in [-0.05, 0) is 63.4 Å². The molecule has 1 N–H and O–H groups in total. The van der Waals surface area contributed by atoms with E-state index in [1.807, 2.05) is 20.8 Å². The normalized spacial score (nSPS) is 18.2. The number of benzene rings is 1. The molecule has 4 nitrogen and oxygen atoms in total. The van der Waals surface area contributed by atoms with E-state index < -0.39 is 11.9 Å². The summed E-state index contributed by atoms with van der Waals surface area (Å²) in [6.45, 7) is 8.71. The predicted octanol–water partition coefficient (Wildman–Crippen LogP) is 3.39. The highest BCUT2D eigenvalue weighted by molar-refractivity contribution is 5.45. The summed E-state index contributed by atoms with van der Waals surface area (Å²) in [7, 11) is 1.41. The fourth-order valence-corrected chi connectivity index (χ4v) is 3.10. The van der Waals surface area contributed by atoms with Crippen LogP contribution in [-0.4, -0.2) is 42.9 Å². The van der Waals surface area contributed by atoms with Crippen LogP contribution >= 0.6 is 0 Å². The van der Waals surface area contributed by atoms with Gasteiger partial charge in [0.2, 0.25) is 0 Å². The Labute approximate surface area is 138 Å². The summed E-state index contributed by atoms with van der Waals surface area (Å²) in [5, 5.41) is 10.6. The number of likely N-dealkylation sites (tertiary alicyclic amines) is 1. The van der Waals surface area contributed by atoms with Gasteiger partial charge in [-0.15, -0.1) is 0 Å². The lowest BCUT2D eigenvalue weighted by atomic mass is 9.96. The maximum Gasteiger partial charge on any atom is 0.196 e. The van der Waals surface area contributed by atoms with Gasteiger partial charge in [0.15, 0.2) is 17.3 Å². The number of rotatable bonds is 7. The van der Waals surface area contributed by atoms with E-state index in [4.69, 9.17) is 9.47 Å². The highest BCUT2D eigenvalue weighted by atomic mass is 19.1. The number of aliphatic hydroxyl groups is 1. The van der Waals surface area contributed by atoms with Crippen LogP contribution in [0.1, 0.15) is 45.3 Å². The molecule has 0 aromatic heterocycles. The van der Waals surface area contributed by atoms with Gasteiger partial charge in [-0.2, -0.15) is 0 Å². The zero-order valence-corrected chi connectivity index (χ0v) is 14.5. The molecule has 130 valence electrons. The number of hydrogen-bond donors (Lipinski definition) is 1. The Balaban J connectivity index is 2.18. The van der Waals surface area contributed by atoms with Crippen molar-refractivity contribution in [3.63, 3.8) is 0 Å². The average molecular weight is 325 g/mol. The molecule has 0 amide bonds. The second-order valence-corrected chi connectivity index (χ2v) is 6.63. The minimum Gasteiger partial charge on any atom is -0.490 e. The molecule has 0 bridgehead atoms. The van der Waals surface area contributed by atoms with Crippen LogP contribution in [-0.2, 0) is 0 Å². The quantitative estimate of drug-likeness (QED) is 0.834. The number of halogens is 1. The summed E-state index contributed by atoms with van der Waals surface area (Å²) < 4.78 is 25.0. The van der Waals surface area contributed by atoms with Crippen molar-refractivity contribution < 1.29 is 19.0 Å². The van der Waals surface area contributed by atoms with Crippen LogP contribution < -0.4 is 9.47 Å². The van der Waals surface area contributed by atoms with Crippen molar-refractivity contribution in [1.82, 2.24) is 4.90 Å². The van der Waals surface area contributed by atoms with Crippen molar-refractivity contribution in [2.45, 2.75) is 45.8 Å². The lowest BCUT2D eigenvalue weighted by molar-refractivity contribution is 0.0936. The molecule has 2 atom stereocenters. The van der Waals surface area contributed by atoms with E-state index in [-0.39, 0.29) is 17.8 Å². The summed E-state index contributed by atoms with van der Waals surface area (Å²) in [6.07, 6.45) is 1.60. The molecule has 0 saturated carbocycles. The highest BCUT2D eigenvalue weighted by Gasteiger charge is 2.24. The Kier molecular flexibility index (Phi) is 6.25. The number of ether oxygens (including phenoxy) is 2. The van der Waals surface area contributed by atoms with Gasteiger partial charge in [0.05, 0.1) is 19.3 Å². The van der Waals surface area contributed by atoms with Crippen LogP contribution in [0.3, 0.4) is 0 Å². The smallest absolute Gasteiger partial charge is 0.196 e. The standard InChI is InChI=1S/C18H28FNO3/c1-12(2)23-16-10-14(9-15(19)18(16)22-4)17(21)13(3)11-20-7-5-6-8-20/h9-10,12-13,17,21H,5-8,11H2,1-4H3/t13-,17+/m1/s1. The lowest BCUT2D eigenvalue weighted by Gasteiger charge is -2.25. The first-order valence-corrected chi connectivity index (χ1v) is 8.37. The maximum absolute atomic E-state index is 14.3. The number of aliphatic hydroxyl groups excluding tert-OH is 1. The van der Waals surface area contributed by atoms with E-state index >= 15 is 0 Å². The molecular formula is C18H28FNO3. The second-order valence-electron chi connectivity index (χ2n) is 6.63. The van der Waals surface area contributed by atoms with E-state index in [2.05, 4.69) is 4.90 Å². The average Bonchev–Trinajstić information content (AvgIpc) is 2.98. The van der Waals surface area contributed by atoms with Crippen LogP contribution in [0.2, 0.25) is 0 Å². The Hall–Kier alpha value is -1.33. The summed E-state index contributed by atoms with van der Waals surface area (Å²) in [5.41, 5.74) is 0.533. The van der Waals surface area contributed by atoms with Gasteiger partial charge in [-0.25, -0.2) is 4.39 Å². The van der Waals surface area contributed by atoms with E-state index in [1.54, 1.807) is 6.07 Å². The van der Waals surface area contributed by atoms with E-state index in [0.717, 1.165) is 19.6 Å². The monoisotopic (exact) mass is 325 g/mol. The molecule has 0 spiro atoms. The summed E-state index contributed by atoms with van der Waals surface area (Å²) >= 11 is 0. The van der Waals surface area contributed by atoms with Gasteiger partial charge in [-0.3, -0.25) is 0 Å². The first-order chi connectivity index (χ1) is 10.9. The van der Waals surface area contributed by atoms with Gasteiger partial charge in [0.1, 0.15) is 0 Å². The van der Waals surface area contributed by atoms with Gasteiger partial charge in [-0.1, -0.05) is 6.92 Å². The molecule has 1 fully saturated rings. The van der Waals surface area contributed by atoms with Crippen molar-refractivity contribution in [3.05, 3.63) is 23.5 Å². The van der Waals surface area contributed by atoms with Gasteiger partial charge >= 0.3 is 0 Å². The van der Waals surface area contributed by atoms with Crippen molar-refractivity contribution in [2.24, 2.45) is 5.92 Å². The highest BCUT2D eigenvalue weighted by Crippen LogP contribution is 2.36. The van der Waals surface area contributed by atoms with E-state index in [0.29, 0.717) is 11.3 Å². The van der Waals surface area contributed by atoms with E-state index in [1.165, 1.54) is 26.0 Å². The molecule has 2 rings (SSSR count). The van der Waals surface area contributed by atoms with E-state index in [9.17, 15) is 9.50 Å². The van der Waals surface area contributed by atoms with Crippen molar-refractivity contribution in [1.29, 1.82) is 0 Å². The van der Waals surface area contributed by atoms with Crippen LogP contribution in [0.5, 0.6) is 11.5 Å². The topological polar surface area (TPSA) is 41.9 Å². The molecule has 1 aromatic rings. The molecule has 0 aliphatic carbocycles. The molecule has 1 saturated heterocycles. The number of nitrogens with zero attached hydrogens (tertiary/aromatic N) is 1. The van der Waals surface area contributed by atoms with Crippen LogP contribution in [0.25, 0.3) is 0 Å². The Morgan fingerprint density at radius 3 is 2.43 bits per heavy atom. The van der Waals surface area contributed by atoms with Crippen molar-refractivity contribution in [2.75, 3.05) is 26.7 Å². The van der Waals surface area contributed by atoms with Gasteiger partial charge in [0, 0.05) is 6.54 Å². The molecular weight excluding hydrogens is 297 g/mol. The Morgan fingerprint density at radius 2 is 1.87 bits per heavy atom. The van der Waals surface area contributed by atoms with Crippen LogP contribution in [0, 0.1) is 11.7 Å². The summed E-state index contributed by atoms with van der Waals surface area (Å²) in [5.74, 6) is -0.0624. The number of hydrogen-bond acceptors (Lipinski definition) is 4. The van der Waals surface area contributed by atoms with Crippen molar-refractivity contribution in [3.8, 4) is 11.5 Å². The SMILES string of the molecule is COc1c(F)cc([C@@H](O)[C@H](C)CN2CCCC2)cc1OC(C)C. The molecule has 5 heteroatoms. The third-order valence-corrected chi connectivity index (χ3v) is 4.22. The second kappa shape index (κ2) is 7.97. The zero-order chi connectivity index (χ0) is 17.0. The summed E-state index contributed by atoms with van der Waals surface area (Å²) in [4.78, 5) is 2.35. The third kappa shape index (κ3) is 4.58. The van der Waals surface area contributed by atoms with Crippen LogP contribution in [0.4, 0.5) is 4.39 Å². The molecule has 23 heavy (non-hydrogen) atoms. The minimum atomic E-state index is -0.731. The number of methoxy groups -OCH3 is 1. The predicted molar refractivity (Wildman–Crippen MR) is 88.5 cm³/mol. The molecule has 1 aromatic carbocycles. The zero-order valence-electron chi connectivity index (χ0n) is 14.5. The molecule has 1 heterocycles.